The monoisotopic (exact) mass is 470 g/mol. The molecule has 8 heteroatoms. The second kappa shape index (κ2) is 8.61. The molecule has 5 heterocycles. The molecule has 1 saturated heterocycles. The van der Waals surface area contributed by atoms with Gasteiger partial charge in [-0.05, 0) is 69.2 Å². The Bertz CT molecular complexity index is 1370. The summed E-state index contributed by atoms with van der Waals surface area (Å²) < 4.78 is 14.2. The molecule has 35 heavy (non-hydrogen) atoms. The third-order valence-corrected chi connectivity index (χ3v) is 7.13. The Hall–Kier alpha value is -3.52. The summed E-state index contributed by atoms with van der Waals surface area (Å²) in [6.45, 7) is 7.27. The van der Waals surface area contributed by atoms with E-state index in [-0.39, 0.29) is 6.10 Å². The van der Waals surface area contributed by atoms with Crippen LogP contribution in [0.2, 0.25) is 0 Å². The van der Waals surface area contributed by atoms with Crippen LogP contribution >= 0.6 is 0 Å². The van der Waals surface area contributed by atoms with Gasteiger partial charge in [0.2, 0.25) is 0 Å². The van der Waals surface area contributed by atoms with Crippen LogP contribution in [0.5, 0.6) is 5.75 Å². The summed E-state index contributed by atoms with van der Waals surface area (Å²) in [7, 11) is 0. The van der Waals surface area contributed by atoms with Gasteiger partial charge in [-0.3, -0.25) is 4.98 Å². The molecule has 1 N–H and O–H groups in total. The van der Waals surface area contributed by atoms with Crippen LogP contribution in [0.25, 0.3) is 16.6 Å². The van der Waals surface area contributed by atoms with E-state index >= 15 is 0 Å². The Balaban J connectivity index is 1.23. The fourth-order valence-corrected chi connectivity index (χ4v) is 5.23. The largest absolute Gasteiger partial charge is 0.489 e. The predicted molar refractivity (Wildman–Crippen MR) is 134 cm³/mol. The number of hydrogen-bond donors (Lipinski definition) is 1. The van der Waals surface area contributed by atoms with E-state index in [0.29, 0.717) is 12.0 Å². The van der Waals surface area contributed by atoms with Crippen molar-refractivity contribution in [2.45, 2.75) is 52.6 Å². The maximum Gasteiger partial charge on any atom is 0.154 e. The lowest BCUT2D eigenvalue weighted by molar-refractivity contribution is 0.0486. The van der Waals surface area contributed by atoms with Crippen LogP contribution in [0.3, 0.4) is 0 Å². The van der Waals surface area contributed by atoms with Crippen LogP contribution in [0.15, 0.2) is 42.7 Å². The van der Waals surface area contributed by atoms with Crippen LogP contribution in [0.1, 0.15) is 42.9 Å². The Morgan fingerprint density at radius 3 is 2.74 bits per heavy atom. The molecule has 4 aromatic rings. The summed E-state index contributed by atoms with van der Waals surface area (Å²) in [5.74, 6) is 2.97. The highest BCUT2D eigenvalue weighted by Crippen LogP contribution is 2.49. The molecule has 2 fully saturated rings. The second-order valence-electron chi connectivity index (χ2n) is 10.0. The number of anilines is 2. The lowest BCUT2D eigenvalue weighted by Crippen LogP contribution is -2.30. The first-order chi connectivity index (χ1) is 16.9. The molecular weight excluding hydrogens is 440 g/mol. The van der Waals surface area contributed by atoms with Crippen LogP contribution in [0.4, 0.5) is 11.6 Å². The molecule has 0 amide bonds. The molecule has 0 bridgehead atoms. The van der Waals surface area contributed by atoms with Gasteiger partial charge in [0.1, 0.15) is 24.0 Å². The summed E-state index contributed by atoms with van der Waals surface area (Å²) in [6.07, 6.45) is 8.96. The minimum absolute atomic E-state index is 0.157. The van der Waals surface area contributed by atoms with E-state index in [1.54, 1.807) is 0 Å². The van der Waals surface area contributed by atoms with E-state index in [1.807, 2.05) is 49.8 Å². The normalized spacial score (nSPS) is 18.7. The van der Waals surface area contributed by atoms with Gasteiger partial charge in [0.15, 0.2) is 5.82 Å². The third kappa shape index (κ3) is 4.46. The zero-order valence-electron chi connectivity index (χ0n) is 20.4. The average molecular weight is 471 g/mol. The first-order valence-corrected chi connectivity index (χ1v) is 12.2. The number of nitrogens with one attached hydrogen (secondary N) is 1. The highest BCUT2D eigenvalue weighted by molar-refractivity contribution is 5.75. The molecule has 1 atom stereocenters. The van der Waals surface area contributed by atoms with Crippen LogP contribution in [0, 0.1) is 26.2 Å². The van der Waals surface area contributed by atoms with Crippen LogP contribution < -0.4 is 10.1 Å². The third-order valence-electron chi connectivity index (χ3n) is 7.13. The van der Waals surface area contributed by atoms with Crippen molar-refractivity contribution in [3.05, 3.63) is 59.9 Å². The molecule has 1 aliphatic carbocycles. The van der Waals surface area contributed by atoms with E-state index in [9.17, 15) is 0 Å². The van der Waals surface area contributed by atoms with Crippen molar-refractivity contribution in [3.63, 3.8) is 0 Å². The number of rotatable bonds is 6. The van der Waals surface area contributed by atoms with Crippen molar-refractivity contribution in [2.24, 2.45) is 5.41 Å². The SMILES string of the molecule is Cc1cc(-c2ccn3nc(Nc4cc(C)nc(C)n4)cc3c2)c(OCC2CC3(CCC3)CO2)cn1. The van der Waals surface area contributed by atoms with Gasteiger partial charge in [-0.2, -0.15) is 5.10 Å². The number of fused-ring (bicyclic) bond motifs is 1. The van der Waals surface area contributed by atoms with Gasteiger partial charge in [0, 0.05) is 35.3 Å². The van der Waals surface area contributed by atoms with Crippen LogP contribution in [-0.2, 0) is 4.74 Å². The molecular formula is C27H30N6O2. The van der Waals surface area contributed by atoms with Gasteiger partial charge < -0.3 is 14.8 Å². The molecule has 1 unspecified atom stereocenters. The van der Waals surface area contributed by atoms with Crippen molar-refractivity contribution >= 4 is 17.2 Å². The number of aryl methyl sites for hydroxylation is 3. The summed E-state index contributed by atoms with van der Waals surface area (Å²) in [5.41, 5.74) is 5.33. The molecule has 8 nitrogen and oxygen atoms in total. The summed E-state index contributed by atoms with van der Waals surface area (Å²) >= 11 is 0. The lowest BCUT2D eigenvalue weighted by atomic mass is 9.68. The van der Waals surface area contributed by atoms with Crippen molar-refractivity contribution in [3.8, 4) is 16.9 Å². The fourth-order valence-electron chi connectivity index (χ4n) is 5.23. The van der Waals surface area contributed by atoms with Crippen molar-refractivity contribution in [1.82, 2.24) is 24.6 Å². The lowest BCUT2D eigenvalue weighted by Gasteiger charge is -2.36. The average Bonchev–Trinajstić information content (AvgIpc) is 3.41. The van der Waals surface area contributed by atoms with Gasteiger partial charge >= 0.3 is 0 Å². The smallest absolute Gasteiger partial charge is 0.154 e. The van der Waals surface area contributed by atoms with Crippen molar-refractivity contribution in [2.75, 3.05) is 18.5 Å². The highest BCUT2D eigenvalue weighted by Gasteiger charge is 2.44. The molecule has 1 spiro atoms. The maximum atomic E-state index is 6.27. The van der Waals surface area contributed by atoms with E-state index in [4.69, 9.17) is 9.47 Å². The quantitative estimate of drug-likeness (QED) is 0.415. The minimum Gasteiger partial charge on any atom is -0.489 e. The number of nitrogens with zero attached hydrogens (tertiary/aromatic N) is 5. The van der Waals surface area contributed by atoms with E-state index < -0.39 is 0 Å². The maximum absolute atomic E-state index is 6.27. The van der Waals surface area contributed by atoms with Gasteiger partial charge in [-0.25, -0.2) is 14.5 Å². The minimum atomic E-state index is 0.157. The molecule has 6 rings (SSSR count). The standard InChI is InChI=1S/C27H30N6O2/c1-17-9-23(24(14-28-17)34-15-22-13-27(16-35-22)6-4-7-27)20-5-8-33-21(11-20)12-26(32-33)31-25-10-18(2)29-19(3)30-25/h5,8-12,14,22H,4,6-7,13,15-16H2,1-3H3,(H,29,30,31,32). The number of ether oxygens (including phenoxy) is 2. The molecule has 1 saturated carbocycles. The Morgan fingerprint density at radius 1 is 1.09 bits per heavy atom. The van der Waals surface area contributed by atoms with Crippen LogP contribution in [-0.4, -0.2) is 43.9 Å². The van der Waals surface area contributed by atoms with Gasteiger partial charge in [-0.15, -0.1) is 0 Å². The van der Waals surface area contributed by atoms with Gasteiger partial charge in [0.05, 0.1) is 24.4 Å². The number of aromatic nitrogens is 5. The highest BCUT2D eigenvalue weighted by atomic mass is 16.5. The van der Waals surface area contributed by atoms with E-state index in [0.717, 1.165) is 64.3 Å². The first kappa shape index (κ1) is 22.0. The Kier molecular flexibility index (Phi) is 5.40. The summed E-state index contributed by atoms with van der Waals surface area (Å²) in [5, 5.41) is 7.93. The molecule has 0 aromatic carbocycles. The predicted octanol–water partition coefficient (Wildman–Crippen LogP) is 5.19. The topological polar surface area (TPSA) is 86.5 Å². The zero-order valence-corrected chi connectivity index (χ0v) is 20.4. The molecule has 0 radical (unpaired) electrons. The Labute approximate surface area is 204 Å². The molecule has 2 aliphatic rings. The summed E-state index contributed by atoms with van der Waals surface area (Å²) in [6, 6.07) is 10.2. The fraction of sp³-hybridized carbons (Fsp3) is 0.407. The van der Waals surface area contributed by atoms with Crippen molar-refractivity contribution < 1.29 is 9.47 Å². The zero-order chi connectivity index (χ0) is 24.0. The van der Waals surface area contributed by atoms with Gasteiger partial charge in [-0.1, -0.05) is 6.42 Å². The second-order valence-corrected chi connectivity index (χ2v) is 10.0. The van der Waals surface area contributed by atoms with E-state index in [2.05, 4.69) is 43.6 Å². The number of hydrogen-bond acceptors (Lipinski definition) is 7. The number of pyridine rings is 2. The Morgan fingerprint density at radius 2 is 1.97 bits per heavy atom. The molecule has 1 aliphatic heterocycles. The molecule has 180 valence electrons. The first-order valence-electron chi connectivity index (χ1n) is 12.2. The van der Waals surface area contributed by atoms with Gasteiger partial charge in [0.25, 0.3) is 0 Å². The van der Waals surface area contributed by atoms with E-state index in [1.165, 1.54) is 19.3 Å². The molecule has 4 aromatic heterocycles. The van der Waals surface area contributed by atoms with Crippen molar-refractivity contribution in [1.29, 1.82) is 0 Å². The summed E-state index contributed by atoms with van der Waals surface area (Å²) in [4.78, 5) is 13.3.